The molecule has 0 saturated heterocycles. The van der Waals surface area contributed by atoms with Gasteiger partial charge in [0.1, 0.15) is 0 Å². The Morgan fingerprint density at radius 3 is 1.22 bits per heavy atom. The van der Waals surface area contributed by atoms with Crippen LogP contribution in [0, 0.1) is 5.41 Å². The summed E-state index contributed by atoms with van der Waals surface area (Å²) in [7, 11) is 0. The number of carbonyl (C=O) groups excluding carboxylic acids is 1. The van der Waals surface area contributed by atoms with E-state index in [1.807, 2.05) is 39.0 Å². The number of hydrogen-bond acceptors (Lipinski definition) is 1. The Balaban J connectivity index is 2.54. The summed E-state index contributed by atoms with van der Waals surface area (Å²) in [6, 6.07) is 31.2. The van der Waals surface area contributed by atoms with Crippen LogP contribution in [0.2, 0.25) is 0 Å². The van der Waals surface area contributed by atoms with Gasteiger partial charge < -0.3 is 0 Å². The van der Waals surface area contributed by atoms with Gasteiger partial charge in [-0.25, -0.2) is 0 Å². The molecule has 0 amide bonds. The summed E-state index contributed by atoms with van der Waals surface area (Å²) in [5.41, 5.74) is -0.470. The van der Waals surface area contributed by atoms with E-state index in [4.69, 9.17) is 0 Å². The molecule has 138 valence electrons. The average Bonchev–Trinajstić information content (AvgIpc) is 2.70. The van der Waals surface area contributed by atoms with Crippen LogP contribution >= 0.6 is 22.8 Å². The van der Waals surface area contributed by atoms with Crippen LogP contribution < -0.4 is 15.9 Å². The van der Waals surface area contributed by atoms with Crippen molar-refractivity contribution in [3.8, 4) is 0 Å². The predicted molar refractivity (Wildman–Crippen MR) is 124 cm³/mol. The smallest absolute Gasteiger partial charge is 0.176 e. The lowest BCUT2D eigenvalue weighted by molar-refractivity contribution is -0.119. The second-order valence-electron chi connectivity index (χ2n) is 7.55. The molecule has 0 heterocycles. The van der Waals surface area contributed by atoms with Crippen LogP contribution in [-0.4, -0.2) is 9.99 Å². The summed E-state index contributed by atoms with van der Waals surface area (Å²) >= 11 is 3.83. The third-order valence-corrected chi connectivity index (χ3v) is 10.6. The van der Waals surface area contributed by atoms with E-state index in [1.165, 1.54) is 15.9 Å². The molecule has 0 radical (unpaired) electrons. The van der Waals surface area contributed by atoms with E-state index in [-0.39, 0.29) is 5.78 Å². The number of carbonyl (C=O) groups is 1. The molecule has 0 aliphatic carbocycles. The van der Waals surface area contributed by atoms with Gasteiger partial charge in [0.05, 0.1) is 4.20 Å². The zero-order valence-electron chi connectivity index (χ0n) is 15.9. The molecule has 0 spiro atoms. The van der Waals surface area contributed by atoms with Gasteiger partial charge in [-0.3, -0.25) is 4.79 Å². The van der Waals surface area contributed by atoms with E-state index in [2.05, 4.69) is 88.7 Å². The minimum Gasteiger partial charge on any atom is -0.293 e. The van der Waals surface area contributed by atoms with Gasteiger partial charge >= 0.3 is 0 Å². The molecule has 0 bridgehead atoms. The van der Waals surface area contributed by atoms with Crippen molar-refractivity contribution in [3.63, 3.8) is 0 Å². The molecule has 27 heavy (non-hydrogen) atoms. The van der Waals surface area contributed by atoms with Crippen molar-refractivity contribution in [2.75, 3.05) is 0 Å². The molecule has 0 aliphatic rings. The van der Waals surface area contributed by atoms with Crippen molar-refractivity contribution >= 4 is 48.7 Å². The standard InChI is InChI=1S/C24H24BrOP/c1-24(2,3)22(26)23(25)27(19-13-7-4-8-14-19,20-15-9-5-10-16-20)21-17-11-6-12-18-21/h4-18H,1-3H3. The Bertz CT molecular complexity index is 868. The molecular formula is C24H24BrOP. The summed E-state index contributed by atoms with van der Waals surface area (Å²) in [4.78, 5) is 13.5. The maximum Gasteiger partial charge on any atom is 0.176 e. The monoisotopic (exact) mass is 438 g/mol. The lowest BCUT2D eigenvalue weighted by atomic mass is 9.92. The van der Waals surface area contributed by atoms with Gasteiger partial charge in [0.2, 0.25) is 0 Å². The Hall–Kier alpha value is -1.89. The highest BCUT2D eigenvalue weighted by Crippen LogP contribution is 2.48. The third kappa shape index (κ3) is 3.74. The first-order valence-corrected chi connectivity index (χ1v) is 11.6. The van der Waals surface area contributed by atoms with E-state index in [0.29, 0.717) is 0 Å². The van der Waals surface area contributed by atoms with Crippen molar-refractivity contribution in [2.24, 2.45) is 5.41 Å². The van der Waals surface area contributed by atoms with Crippen molar-refractivity contribution in [1.29, 1.82) is 0 Å². The summed E-state index contributed by atoms with van der Waals surface area (Å²) in [6.45, 7) is 3.62. The first kappa shape index (κ1) is 19.9. The molecule has 3 heteroatoms. The van der Waals surface area contributed by atoms with Gasteiger partial charge in [-0.15, -0.1) is 0 Å². The molecule has 0 N–H and O–H groups in total. The van der Waals surface area contributed by atoms with Crippen molar-refractivity contribution in [1.82, 2.24) is 0 Å². The molecular weight excluding hydrogens is 415 g/mol. The van der Waals surface area contributed by atoms with E-state index in [0.717, 1.165) is 4.20 Å². The molecule has 0 atom stereocenters. The highest BCUT2D eigenvalue weighted by molar-refractivity contribution is 9.20. The number of ketones is 1. The fraction of sp³-hybridized carbons (Fsp3) is 0.167. The maximum atomic E-state index is 13.5. The molecule has 3 rings (SSSR count). The number of rotatable bonds is 4. The van der Waals surface area contributed by atoms with Crippen LogP contribution in [0.4, 0.5) is 0 Å². The minimum absolute atomic E-state index is 0.146. The summed E-state index contributed by atoms with van der Waals surface area (Å²) in [5, 5.41) is 3.52. The SMILES string of the molecule is CC(C)(C)C(=O)C(Br)=P(c1ccccc1)(c1ccccc1)c1ccccc1. The largest absolute Gasteiger partial charge is 0.293 e. The van der Waals surface area contributed by atoms with Gasteiger partial charge in [-0.05, 0) is 38.7 Å². The average molecular weight is 439 g/mol. The van der Waals surface area contributed by atoms with Crippen LogP contribution in [0.5, 0.6) is 0 Å². The molecule has 3 aromatic rings. The van der Waals surface area contributed by atoms with Gasteiger partial charge in [-0.2, -0.15) is 0 Å². The first-order chi connectivity index (χ1) is 12.9. The highest BCUT2D eigenvalue weighted by Gasteiger charge is 2.35. The Labute approximate surface area is 170 Å². The second kappa shape index (κ2) is 8.00. The Morgan fingerprint density at radius 2 is 0.963 bits per heavy atom. The van der Waals surface area contributed by atoms with E-state index >= 15 is 0 Å². The zero-order valence-corrected chi connectivity index (χ0v) is 18.4. The van der Waals surface area contributed by atoms with Gasteiger partial charge in [-0.1, -0.05) is 112 Å². The highest BCUT2D eigenvalue weighted by atomic mass is 79.9. The lowest BCUT2D eigenvalue weighted by Gasteiger charge is -2.32. The Morgan fingerprint density at radius 1 is 0.667 bits per heavy atom. The van der Waals surface area contributed by atoms with Crippen molar-refractivity contribution in [2.45, 2.75) is 20.8 Å². The van der Waals surface area contributed by atoms with Crippen LogP contribution in [0.15, 0.2) is 91.0 Å². The number of halogens is 1. The van der Waals surface area contributed by atoms with Gasteiger partial charge in [0.15, 0.2) is 5.78 Å². The number of Topliss-reactive ketones (excluding diaryl/α,β-unsaturated/α-hetero) is 1. The predicted octanol–water partition coefficient (Wildman–Crippen LogP) is 5.12. The first-order valence-electron chi connectivity index (χ1n) is 9.02. The quantitative estimate of drug-likeness (QED) is 0.516. The molecule has 0 saturated carbocycles. The van der Waals surface area contributed by atoms with Crippen molar-refractivity contribution < 1.29 is 4.79 Å². The van der Waals surface area contributed by atoms with E-state index in [1.54, 1.807) is 0 Å². The molecule has 1 nitrogen and oxygen atoms in total. The summed E-state index contributed by atoms with van der Waals surface area (Å²) in [5.74, 6) is 0.146. The summed E-state index contributed by atoms with van der Waals surface area (Å²) < 4.78 is 0.770. The normalized spacial score (nSPS) is 11.9. The van der Waals surface area contributed by atoms with Crippen LogP contribution in [-0.2, 0) is 4.79 Å². The van der Waals surface area contributed by atoms with Gasteiger partial charge in [0, 0.05) is 5.41 Å². The number of hydrogen-bond donors (Lipinski definition) is 0. The van der Waals surface area contributed by atoms with Crippen LogP contribution in [0.25, 0.3) is 0 Å². The second-order valence-corrected chi connectivity index (χ2v) is 12.3. The van der Waals surface area contributed by atoms with Crippen molar-refractivity contribution in [3.05, 3.63) is 91.0 Å². The van der Waals surface area contributed by atoms with E-state index < -0.39 is 12.3 Å². The fourth-order valence-corrected chi connectivity index (χ4v) is 9.71. The molecule has 0 unspecified atom stereocenters. The fourth-order valence-electron chi connectivity index (χ4n) is 3.20. The van der Waals surface area contributed by atoms with E-state index in [9.17, 15) is 4.79 Å². The van der Waals surface area contributed by atoms with Crippen LogP contribution in [0.1, 0.15) is 20.8 Å². The topological polar surface area (TPSA) is 17.1 Å². The lowest BCUT2D eigenvalue weighted by Crippen LogP contribution is -2.35. The molecule has 3 aromatic carbocycles. The van der Waals surface area contributed by atoms with Gasteiger partial charge in [0.25, 0.3) is 0 Å². The third-order valence-electron chi connectivity index (χ3n) is 4.59. The minimum atomic E-state index is -2.31. The maximum absolute atomic E-state index is 13.5. The zero-order chi connectivity index (χ0) is 19.5. The Kier molecular flexibility index (Phi) is 5.89. The molecule has 0 aromatic heterocycles. The summed E-state index contributed by atoms with van der Waals surface area (Å²) in [6.07, 6.45) is 0. The molecule has 0 fully saturated rings. The van der Waals surface area contributed by atoms with Crippen LogP contribution in [0.3, 0.4) is 0 Å². The number of benzene rings is 3. The molecule has 0 aliphatic heterocycles.